The average Bonchev–Trinajstić information content (AvgIpc) is 3.18. The summed E-state index contributed by atoms with van der Waals surface area (Å²) in [5, 5.41) is 11.3. The number of benzene rings is 3. The number of hydrogen-bond acceptors (Lipinski definition) is 4. The van der Waals surface area contributed by atoms with Crippen molar-refractivity contribution in [1.29, 1.82) is 0 Å². The number of aliphatic hydroxyl groups is 1. The van der Waals surface area contributed by atoms with Crippen LogP contribution in [0, 0.1) is 6.92 Å². The summed E-state index contributed by atoms with van der Waals surface area (Å²) in [7, 11) is 1.72. The molecular weight excluding hydrogens is 424 g/mol. The van der Waals surface area contributed by atoms with Gasteiger partial charge >= 0.3 is 0 Å². The maximum Gasteiger partial charge on any atom is 0.161 e. The average molecular weight is 455 g/mol. The minimum Gasteiger partial charge on any atom is -0.493 e. The Balaban J connectivity index is 1.34. The molecule has 2 aliphatic heterocycles. The van der Waals surface area contributed by atoms with E-state index in [2.05, 4.69) is 71.0 Å². The van der Waals surface area contributed by atoms with Crippen LogP contribution in [0.25, 0.3) is 10.9 Å². The van der Waals surface area contributed by atoms with Gasteiger partial charge in [-0.3, -0.25) is 4.90 Å². The summed E-state index contributed by atoms with van der Waals surface area (Å²) in [6, 6.07) is 21.5. The topological polar surface area (TPSA) is 46.9 Å². The molecule has 0 amide bonds. The number of hydrogen-bond donors (Lipinski definition) is 1. The predicted molar refractivity (Wildman–Crippen MR) is 133 cm³/mol. The van der Waals surface area contributed by atoms with Gasteiger partial charge in [0.2, 0.25) is 0 Å². The number of rotatable bonds is 5. The quantitative estimate of drug-likeness (QED) is 0.454. The second-order valence-electron chi connectivity index (χ2n) is 9.43. The van der Waals surface area contributed by atoms with Crippen molar-refractivity contribution in [2.45, 2.75) is 45.7 Å². The first kappa shape index (κ1) is 21.3. The lowest BCUT2D eigenvalue weighted by Gasteiger charge is -2.41. The Morgan fingerprint density at radius 2 is 1.91 bits per heavy atom. The Bertz CT molecular complexity index is 1370. The van der Waals surface area contributed by atoms with Gasteiger partial charge in [0.25, 0.3) is 0 Å². The van der Waals surface area contributed by atoms with E-state index in [0.29, 0.717) is 12.6 Å². The third-order valence-corrected chi connectivity index (χ3v) is 7.46. The van der Waals surface area contributed by atoms with Crippen molar-refractivity contribution in [3.05, 3.63) is 94.2 Å². The Hall–Kier alpha value is -3.28. The summed E-state index contributed by atoms with van der Waals surface area (Å²) in [4.78, 5) is 2.54. The van der Waals surface area contributed by atoms with E-state index in [1.807, 2.05) is 6.07 Å². The van der Waals surface area contributed by atoms with Crippen molar-refractivity contribution < 1.29 is 14.6 Å². The molecule has 1 atom stereocenters. The van der Waals surface area contributed by atoms with Crippen LogP contribution in [0.4, 0.5) is 0 Å². The van der Waals surface area contributed by atoms with Crippen molar-refractivity contribution in [3.8, 4) is 11.5 Å². The molecule has 0 spiro atoms. The molecule has 4 aromatic rings. The van der Waals surface area contributed by atoms with Gasteiger partial charge in [-0.05, 0) is 60.2 Å². The molecule has 5 nitrogen and oxygen atoms in total. The van der Waals surface area contributed by atoms with E-state index in [-0.39, 0.29) is 6.73 Å². The highest BCUT2D eigenvalue weighted by Gasteiger charge is 2.35. The van der Waals surface area contributed by atoms with Crippen LogP contribution < -0.4 is 9.47 Å². The number of aromatic nitrogens is 1. The Labute approximate surface area is 200 Å². The van der Waals surface area contributed by atoms with Crippen LogP contribution >= 0.6 is 0 Å². The summed E-state index contributed by atoms with van der Waals surface area (Å²) in [6.45, 7) is 4.48. The van der Waals surface area contributed by atoms with Crippen LogP contribution in [0.1, 0.15) is 39.6 Å². The maximum absolute atomic E-state index is 10.1. The Morgan fingerprint density at radius 1 is 1.03 bits per heavy atom. The van der Waals surface area contributed by atoms with E-state index in [1.54, 1.807) is 7.11 Å². The molecule has 1 aromatic heterocycles. The fourth-order valence-electron chi connectivity index (χ4n) is 5.81. The molecule has 174 valence electrons. The zero-order valence-electron chi connectivity index (χ0n) is 19.8. The van der Waals surface area contributed by atoms with Crippen LogP contribution in [0.5, 0.6) is 11.5 Å². The molecule has 2 aliphatic rings. The first-order valence-corrected chi connectivity index (χ1v) is 12.0. The van der Waals surface area contributed by atoms with Crippen molar-refractivity contribution in [1.82, 2.24) is 9.47 Å². The van der Waals surface area contributed by atoms with E-state index >= 15 is 0 Å². The summed E-state index contributed by atoms with van der Waals surface area (Å²) < 4.78 is 14.1. The maximum atomic E-state index is 10.1. The zero-order valence-corrected chi connectivity index (χ0v) is 19.8. The molecule has 3 heterocycles. The van der Waals surface area contributed by atoms with Gasteiger partial charge in [0.15, 0.2) is 11.5 Å². The molecule has 1 unspecified atom stereocenters. The summed E-state index contributed by atoms with van der Waals surface area (Å²) >= 11 is 0. The third kappa shape index (κ3) is 3.47. The van der Waals surface area contributed by atoms with Crippen molar-refractivity contribution in [2.75, 3.05) is 13.7 Å². The van der Waals surface area contributed by atoms with Crippen LogP contribution in [0.3, 0.4) is 0 Å². The van der Waals surface area contributed by atoms with E-state index in [4.69, 9.17) is 9.47 Å². The van der Waals surface area contributed by atoms with Crippen LogP contribution in [0.15, 0.2) is 60.7 Å². The zero-order chi connectivity index (χ0) is 23.2. The van der Waals surface area contributed by atoms with E-state index in [9.17, 15) is 5.11 Å². The number of methoxy groups -OCH3 is 1. The predicted octanol–water partition coefficient (Wildman–Crippen LogP) is 5.14. The number of ether oxygens (including phenoxy) is 2. The molecule has 0 saturated heterocycles. The Kier molecular flexibility index (Phi) is 5.31. The summed E-state index contributed by atoms with van der Waals surface area (Å²) in [6.07, 6.45) is 1.91. The van der Waals surface area contributed by atoms with Gasteiger partial charge in [0.1, 0.15) is 13.3 Å². The summed E-state index contributed by atoms with van der Waals surface area (Å²) in [5.41, 5.74) is 8.79. The fraction of sp³-hybridized carbons (Fsp3) is 0.310. The van der Waals surface area contributed by atoms with Crippen molar-refractivity contribution in [2.24, 2.45) is 0 Å². The largest absolute Gasteiger partial charge is 0.493 e. The molecule has 5 heteroatoms. The van der Waals surface area contributed by atoms with Gasteiger partial charge in [0, 0.05) is 30.2 Å². The molecule has 34 heavy (non-hydrogen) atoms. The highest BCUT2D eigenvalue weighted by atomic mass is 16.5. The van der Waals surface area contributed by atoms with E-state index in [0.717, 1.165) is 48.5 Å². The van der Waals surface area contributed by atoms with Gasteiger partial charge in [-0.15, -0.1) is 0 Å². The number of aryl methyl sites for hydroxylation is 1. The molecule has 1 N–H and O–H groups in total. The number of fused-ring (bicyclic) bond motifs is 6. The van der Waals surface area contributed by atoms with Crippen LogP contribution in [0.2, 0.25) is 0 Å². The second kappa shape index (κ2) is 8.49. The molecule has 0 radical (unpaired) electrons. The van der Waals surface area contributed by atoms with Gasteiger partial charge in [-0.25, -0.2) is 0 Å². The SMILES string of the molecule is COc1cc2c(cc1OCc1cccc(C)c1)CCN1Cc3c(c4ccccc4n3CO)CC21. The first-order chi connectivity index (χ1) is 16.7. The van der Waals surface area contributed by atoms with Gasteiger partial charge < -0.3 is 19.1 Å². The number of nitrogens with zero attached hydrogens (tertiary/aromatic N) is 2. The molecule has 6 rings (SSSR count). The first-order valence-electron chi connectivity index (χ1n) is 12.0. The van der Waals surface area contributed by atoms with Crippen molar-refractivity contribution >= 4 is 10.9 Å². The number of aliphatic hydroxyl groups excluding tert-OH is 1. The minimum atomic E-state index is 0.0143. The van der Waals surface area contributed by atoms with Gasteiger partial charge in [0.05, 0.1) is 12.6 Å². The molecule has 0 fully saturated rings. The van der Waals surface area contributed by atoms with Crippen molar-refractivity contribution in [3.63, 3.8) is 0 Å². The lowest BCUT2D eigenvalue weighted by atomic mass is 9.85. The van der Waals surface area contributed by atoms with Crippen LogP contribution in [-0.4, -0.2) is 28.2 Å². The monoisotopic (exact) mass is 454 g/mol. The Morgan fingerprint density at radius 3 is 2.74 bits per heavy atom. The highest BCUT2D eigenvalue weighted by molar-refractivity contribution is 5.86. The van der Waals surface area contributed by atoms with Gasteiger partial charge in [-0.2, -0.15) is 0 Å². The minimum absolute atomic E-state index is 0.0143. The molecule has 3 aromatic carbocycles. The standard InChI is InChI=1S/C29H30N2O3/c1-19-6-5-7-20(12-19)17-34-29-13-21-10-11-30-16-27-24(14-26(30)23(21)15-28(29)33-2)22-8-3-4-9-25(22)31(27)18-32/h3-9,12-13,15,26,32H,10-11,14,16-18H2,1-2H3. The van der Waals surface area contributed by atoms with E-state index < -0.39 is 0 Å². The fourth-order valence-corrected chi connectivity index (χ4v) is 5.81. The lowest BCUT2D eigenvalue weighted by Crippen LogP contribution is -2.39. The molecule has 0 bridgehead atoms. The summed E-state index contributed by atoms with van der Waals surface area (Å²) in [5.74, 6) is 1.60. The highest BCUT2D eigenvalue weighted by Crippen LogP contribution is 2.44. The smallest absolute Gasteiger partial charge is 0.161 e. The van der Waals surface area contributed by atoms with Gasteiger partial charge in [-0.1, -0.05) is 48.0 Å². The molecule has 0 aliphatic carbocycles. The lowest BCUT2D eigenvalue weighted by molar-refractivity contribution is 0.145. The van der Waals surface area contributed by atoms with E-state index in [1.165, 1.54) is 33.3 Å². The van der Waals surface area contributed by atoms with Crippen LogP contribution in [-0.2, 0) is 32.7 Å². The molecule has 0 saturated carbocycles. The number of para-hydroxylation sites is 1. The second-order valence-corrected chi connectivity index (χ2v) is 9.43. The third-order valence-electron chi connectivity index (χ3n) is 7.46. The molecular formula is C29H30N2O3. The normalized spacial score (nSPS) is 17.2.